The number of rotatable bonds is 5. The van der Waals surface area contributed by atoms with Crippen molar-refractivity contribution in [1.82, 2.24) is 0 Å². The van der Waals surface area contributed by atoms with Gasteiger partial charge in [-0.05, 0) is 62.8 Å². The predicted molar refractivity (Wildman–Crippen MR) is 83.8 cm³/mol. The molecule has 0 amide bonds. The zero-order chi connectivity index (χ0) is 13.7. The van der Waals surface area contributed by atoms with Crippen LogP contribution < -0.4 is 10.6 Å². The van der Waals surface area contributed by atoms with Gasteiger partial charge in [0.25, 0.3) is 0 Å². The van der Waals surface area contributed by atoms with Gasteiger partial charge in [-0.25, -0.2) is 0 Å². The van der Waals surface area contributed by atoms with E-state index in [1.54, 1.807) is 0 Å². The van der Waals surface area contributed by atoms with Gasteiger partial charge in [-0.15, -0.1) is 0 Å². The van der Waals surface area contributed by atoms with Gasteiger partial charge in [0.2, 0.25) is 0 Å². The highest BCUT2D eigenvalue weighted by molar-refractivity contribution is 5.55. The second-order valence-corrected chi connectivity index (χ2v) is 5.79. The van der Waals surface area contributed by atoms with E-state index in [1.165, 1.54) is 55.5 Å². The smallest absolute Gasteiger partial charge is 0.0398 e. The minimum atomic E-state index is 0.737. The molecular formula is C17H28N2. The summed E-state index contributed by atoms with van der Waals surface area (Å²) in [7, 11) is 0. The number of hydrogen-bond donors (Lipinski definition) is 1. The molecule has 1 atom stereocenters. The lowest BCUT2D eigenvalue weighted by Crippen LogP contribution is -2.39. The average molecular weight is 260 g/mol. The molecule has 1 saturated heterocycles. The van der Waals surface area contributed by atoms with Crippen LogP contribution >= 0.6 is 0 Å². The van der Waals surface area contributed by atoms with Crippen LogP contribution in [0.2, 0.25) is 0 Å². The Labute approximate surface area is 118 Å². The second-order valence-electron chi connectivity index (χ2n) is 5.79. The summed E-state index contributed by atoms with van der Waals surface area (Å²) < 4.78 is 0. The van der Waals surface area contributed by atoms with E-state index in [0.717, 1.165) is 19.0 Å². The minimum Gasteiger partial charge on any atom is -0.368 e. The van der Waals surface area contributed by atoms with E-state index >= 15 is 0 Å². The van der Waals surface area contributed by atoms with Gasteiger partial charge in [0, 0.05) is 18.3 Å². The quantitative estimate of drug-likeness (QED) is 0.875. The summed E-state index contributed by atoms with van der Waals surface area (Å²) in [5.74, 6) is 0. The van der Waals surface area contributed by atoms with E-state index < -0.39 is 0 Å². The number of aryl methyl sites for hydroxylation is 1. The summed E-state index contributed by atoms with van der Waals surface area (Å²) in [6, 6.07) is 7.64. The van der Waals surface area contributed by atoms with Crippen molar-refractivity contribution in [2.75, 3.05) is 18.0 Å². The number of benzene rings is 1. The first-order valence-corrected chi connectivity index (χ1v) is 7.82. The van der Waals surface area contributed by atoms with Crippen LogP contribution in [0.1, 0.15) is 50.2 Å². The fourth-order valence-electron chi connectivity index (χ4n) is 3.31. The van der Waals surface area contributed by atoms with Crippen LogP contribution in [0.15, 0.2) is 18.2 Å². The maximum absolute atomic E-state index is 5.64. The fraction of sp³-hybridized carbons (Fsp3) is 0.647. The topological polar surface area (TPSA) is 29.3 Å². The van der Waals surface area contributed by atoms with Crippen molar-refractivity contribution in [2.45, 2.75) is 58.4 Å². The molecule has 1 aliphatic rings. The SMILES string of the molecule is CCCC1CCCCN1c1ccc(CCN)cc1C. The normalized spacial score (nSPS) is 19.7. The summed E-state index contributed by atoms with van der Waals surface area (Å²) >= 11 is 0. The first-order chi connectivity index (χ1) is 9.26. The Hall–Kier alpha value is -1.02. The van der Waals surface area contributed by atoms with E-state index in [-0.39, 0.29) is 0 Å². The van der Waals surface area contributed by atoms with Gasteiger partial charge in [0.15, 0.2) is 0 Å². The lowest BCUT2D eigenvalue weighted by molar-refractivity contribution is 0.434. The highest BCUT2D eigenvalue weighted by Crippen LogP contribution is 2.30. The average Bonchev–Trinajstić information content (AvgIpc) is 2.41. The van der Waals surface area contributed by atoms with E-state index in [1.807, 2.05) is 0 Å². The van der Waals surface area contributed by atoms with Crippen LogP contribution in [-0.2, 0) is 6.42 Å². The third-order valence-electron chi connectivity index (χ3n) is 4.25. The van der Waals surface area contributed by atoms with Crippen LogP contribution in [0.25, 0.3) is 0 Å². The Bertz CT molecular complexity index is 398. The number of hydrogen-bond acceptors (Lipinski definition) is 2. The molecular weight excluding hydrogens is 232 g/mol. The van der Waals surface area contributed by atoms with Gasteiger partial charge in [-0.1, -0.05) is 25.5 Å². The number of nitrogens with zero attached hydrogens (tertiary/aromatic N) is 1. The highest BCUT2D eigenvalue weighted by Gasteiger charge is 2.22. The zero-order valence-corrected chi connectivity index (χ0v) is 12.5. The molecule has 2 nitrogen and oxygen atoms in total. The molecule has 1 aromatic rings. The Kier molecular flexibility index (Phi) is 5.26. The van der Waals surface area contributed by atoms with Crippen molar-refractivity contribution in [3.63, 3.8) is 0 Å². The van der Waals surface area contributed by atoms with Crippen molar-refractivity contribution in [1.29, 1.82) is 0 Å². The molecule has 2 N–H and O–H groups in total. The summed E-state index contributed by atoms with van der Waals surface area (Å²) in [6.45, 7) is 6.50. The number of anilines is 1. The fourth-order valence-corrected chi connectivity index (χ4v) is 3.31. The van der Waals surface area contributed by atoms with Gasteiger partial charge in [0.05, 0.1) is 0 Å². The number of nitrogens with two attached hydrogens (primary N) is 1. The molecule has 106 valence electrons. The van der Waals surface area contributed by atoms with E-state index in [2.05, 4.69) is 36.9 Å². The largest absolute Gasteiger partial charge is 0.368 e. The van der Waals surface area contributed by atoms with Crippen LogP contribution in [0.3, 0.4) is 0 Å². The lowest BCUT2D eigenvalue weighted by atomic mass is 9.96. The molecule has 0 saturated carbocycles. The molecule has 1 aliphatic heterocycles. The molecule has 1 fully saturated rings. The van der Waals surface area contributed by atoms with Crippen molar-refractivity contribution in [2.24, 2.45) is 5.73 Å². The Morgan fingerprint density at radius 3 is 2.84 bits per heavy atom. The molecule has 1 aromatic carbocycles. The Morgan fingerprint density at radius 1 is 1.32 bits per heavy atom. The molecule has 19 heavy (non-hydrogen) atoms. The molecule has 1 unspecified atom stereocenters. The minimum absolute atomic E-state index is 0.737. The molecule has 0 spiro atoms. The highest BCUT2D eigenvalue weighted by atomic mass is 15.2. The van der Waals surface area contributed by atoms with Crippen LogP contribution in [0.5, 0.6) is 0 Å². The summed E-state index contributed by atoms with van der Waals surface area (Å²) in [4.78, 5) is 2.65. The summed E-state index contributed by atoms with van der Waals surface area (Å²) in [5.41, 5.74) is 9.87. The Morgan fingerprint density at radius 2 is 2.16 bits per heavy atom. The van der Waals surface area contributed by atoms with Gasteiger partial charge in [-0.3, -0.25) is 0 Å². The predicted octanol–water partition coefficient (Wildman–Crippen LogP) is 3.66. The second kappa shape index (κ2) is 6.95. The molecule has 1 heterocycles. The van der Waals surface area contributed by atoms with Crippen LogP contribution in [0, 0.1) is 6.92 Å². The van der Waals surface area contributed by atoms with Crippen LogP contribution in [0.4, 0.5) is 5.69 Å². The Balaban J connectivity index is 2.18. The van der Waals surface area contributed by atoms with Gasteiger partial charge >= 0.3 is 0 Å². The standard InChI is InChI=1S/C17H28N2/c1-3-6-16-7-4-5-12-19(16)17-9-8-15(10-11-18)13-14(17)2/h8-9,13,16H,3-7,10-12,18H2,1-2H3. The van der Waals surface area contributed by atoms with E-state index in [4.69, 9.17) is 5.73 Å². The molecule has 0 bridgehead atoms. The van der Waals surface area contributed by atoms with E-state index in [9.17, 15) is 0 Å². The zero-order valence-electron chi connectivity index (χ0n) is 12.5. The molecule has 0 aliphatic carbocycles. The monoisotopic (exact) mass is 260 g/mol. The third kappa shape index (κ3) is 3.50. The van der Waals surface area contributed by atoms with Crippen molar-refractivity contribution < 1.29 is 0 Å². The summed E-state index contributed by atoms with van der Waals surface area (Å²) in [6.07, 6.45) is 7.68. The third-order valence-corrected chi connectivity index (χ3v) is 4.25. The summed E-state index contributed by atoms with van der Waals surface area (Å²) in [5, 5.41) is 0. The molecule has 0 aromatic heterocycles. The van der Waals surface area contributed by atoms with Crippen molar-refractivity contribution >= 4 is 5.69 Å². The first-order valence-electron chi connectivity index (χ1n) is 7.82. The molecule has 0 radical (unpaired) electrons. The van der Waals surface area contributed by atoms with Crippen LogP contribution in [-0.4, -0.2) is 19.1 Å². The first kappa shape index (κ1) is 14.4. The maximum Gasteiger partial charge on any atom is 0.0398 e. The number of piperidine rings is 1. The molecule has 2 rings (SSSR count). The maximum atomic E-state index is 5.64. The van der Waals surface area contributed by atoms with Gasteiger partial charge < -0.3 is 10.6 Å². The van der Waals surface area contributed by atoms with Gasteiger partial charge in [0.1, 0.15) is 0 Å². The molecule has 2 heteroatoms. The van der Waals surface area contributed by atoms with Gasteiger partial charge in [-0.2, -0.15) is 0 Å². The van der Waals surface area contributed by atoms with Crippen molar-refractivity contribution in [3.05, 3.63) is 29.3 Å². The lowest BCUT2D eigenvalue weighted by Gasteiger charge is -2.38. The van der Waals surface area contributed by atoms with E-state index in [0.29, 0.717) is 0 Å². The van der Waals surface area contributed by atoms with Crippen molar-refractivity contribution in [3.8, 4) is 0 Å².